The fraction of sp³-hybridized carbons (Fsp3) is 0.522. The second-order valence-electron chi connectivity index (χ2n) is 8.44. The fourth-order valence-corrected chi connectivity index (χ4v) is 4.13. The van der Waals surface area contributed by atoms with Crippen molar-refractivity contribution in [3.8, 4) is 11.8 Å². The minimum Gasteiger partial charge on any atom is -0.489 e. The van der Waals surface area contributed by atoms with E-state index in [4.69, 9.17) is 10.00 Å². The maximum Gasteiger partial charge on any atom is 0.341 e. The molecule has 1 aromatic heterocycles. The lowest BCUT2D eigenvalue weighted by molar-refractivity contribution is 0.0694. The first-order chi connectivity index (χ1) is 14.8. The van der Waals surface area contributed by atoms with E-state index in [0.29, 0.717) is 35.7 Å². The minimum atomic E-state index is -1.33. The third-order valence-electron chi connectivity index (χ3n) is 5.92. The number of nitrogens with zero attached hydrogens (tertiary/aromatic N) is 2. The third-order valence-corrected chi connectivity index (χ3v) is 5.92. The molecule has 0 radical (unpaired) electrons. The summed E-state index contributed by atoms with van der Waals surface area (Å²) in [6.07, 6.45) is 3.40. The monoisotopic (exact) mass is 429 g/mol. The van der Waals surface area contributed by atoms with Crippen molar-refractivity contribution in [1.82, 2.24) is 9.88 Å². The lowest BCUT2D eigenvalue weighted by Gasteiger charge is -2.30. The number of aromatic nitrogens is 1. The van der Waals surface area contributed by atoms with Gasteiger partial charge in [0.15, 0.2) is 0 Å². The zero-order valence-electron chi connectivity index (χ0n) is 18.1. The van der Waals surface area contributed by atoms with Gasteiger partial charge in [0.2, 0.25) is 5.43 Å². The first-order valence-corrected chi connectivity index (χ1v) is 10.6. The summed E-state index contributed by atoms with van der Waals surface area (Å²) < 4.78 is 22.8. The third kappa shape index (κ3) is 4.57. The van der Waals surface area contributed by atoms with Crippen molar-refractivity contribution in [3.05, 3.63) is 39.4 Å². The minimum absolute atomic E-state index is 0.0324. The van der Waals surface area contributed by atoms with Gasteiger partial charge >= 0.3 is 5.97 Å². The van der Waals surface area contributed by atoms with E-state index in [0.717, 1.165) is 25.5 Å². The molecule has 0 saturated carbocycles. The number of hydrogen-bond donors (Lipinski definition) is 2. The highest BCUT2D eigenvalue weighted by Crippen LogP contribution is 2.41. The van der Waals surface area contributed by atoms with E-state index in [2.05, 4.69) is 18.3 Å². The average Bonchev–Trinajstić information content (AvgIpc) is 2.73. The van der Waals surface area contributed by atoms with Crippen molar-refractivity contribution >= 4 is 16.9 Å². The molecular weight excluding hydrogens is 401 g/mol. The quantitative estimate of drug-likeness (QED) is 0.588. The van der Waals surface area contributed by atoms with Crippen molar-refractivity contribution in [1.29, 1.82) is 5.26 Å². The van der Waals surface area contributed by atoms with Crippen LogP contribution in [0.25, 0.3) is 10.9 Å². The molecule has 1 aliphatic rings. The molecular formula is C23H28FN3O4. The number of carboxylic acid groups (broad SMARTS) is 1. The number of rotatable bonds is 9. The number of carboxylic acids is 1. The van der Waals surface area contributed by atoms with E-state index in [1.54, 1.807) is 4.57 Å². The summed E-state index contributed by atoms with van der Waals surface area (Å²) in [7, 11) is 0. The van der Waals surface area contributed by atoms with Gasteiger partial charge in [-0.25, -0.2) is 9.18 Å². The van der Waals surface area contributed by atoms with Gasteiger partial charge in [0.05, 0.1) is 23.0 Å². The van der Waals surface area contributed by atoms with Gasteiger partial charge in [0.25, 0.3) is 0 Å². The topological polar surface area (TPSA) is 104 Å². The van der Waals surface area contributed by atoms with E-state index in [1.807, 2.05) is 13.8 Å². The standard InChI is InChI=1S/C23H28FN3O4/c1-13(10-26-8-4-7-25)5-6-14(2)19-18(24)9-16-20-22(19)31-12-15(3)27(20)11-17(21(16)28)23(29)30/h9,11,13-15,26H,4-6,8,10,12H2,1-3H3,(H,29,30). The van der Waals surface area contributed by atoms with Crippen LogP contribution in [0.15, 0.2) is 17.1 Å². The zero-order valence-corrected chi connectivity index (χ0v) is 18.1. The van der Waals surface area contributed by atoms with Gasteiger partial charge < -0.3 is 19.7 Å². The van der Waals surface area contributed by atoms with Gasteiger partial charge in [-0.05, 0) is 44.2 Å². The van der Waals surface area contributed by atoms with Crippen molar-refractivity contribution in [2.24, 2.45) is 5.92 Å². The van der Waals surface area contributed by atoms with Crippen LogP contribution in [0.1, 0.15) is 67.9 Å². The molecule has 166 valence electrons. The molecule has 8 heteroatoms. The van der Waals surface area contributed by atoms with E-state index in [9.17, 15) is 14.7 Å². The van der Waals surface area contributed by atoms with Gasteiger partial charge in [0.1, 0.15) is 23.7 Å². The Kier molecular flexibility index (Phi) is 6.96. The Bertz CT molecular complexity index is 1090. The van der Waals surface area contributed by atoms with Crippen LogP contribution in [-0.2, 0) is 0 Å². The molecule has 0 saturated heterocycles. The molecule has 0 aliphatic carbocycles. The summed E-state index contributed by atoms with van der Waals surface area (Å²) in [6.45, 7) is 7.62. The van der Waals surface area contributed by atoms with Crippen LogP contribution in [0.4, 0.5) is 4.39 Å². The second-order valence-corrected chi connectivity index (χ2v) is 8.44. The number of halogens is 1. The van der Waals surface area contributed by atoms with Crippen LogP contribution in [0.3, 0.4) is 0 Å². The molecule has 0 spiro atoms. The highest BCUT2D eigenvalue weighted by atomic mass is 19.1. The number of nitriles is 1. The zero-order chi connectivity index (χ0) is 22.7. The Labute approximate surface area is 180 Å². The molecule has 31 heavy (non-hydrogen) atoms. The summed E-state index contributed by atoms with van der Waals surface area (Å²) >= 11 is 0. The normalized spacial score (nSPS) is 17.1. The van der Waals surface area contributed by atoms with Crippen LogP contribution in [0.2, 0.25) is 0 Å². The summed E-state index contributed by atoms with van der Waals surface area (Å²) in [4.78, 5) is 24.2. The van der Waals surface area contributed by atoms with Crippen molar-refractivity contribution < 1.29 is 19.0 Å². The molecule has 1 aliphatic heterocycles. The van der Waals surface area contributed by atoms with Gasteiger partial charge in [-0.1, -0.05) is 13.8 Å². The fourth-order valence-electron chi connectivity index (χ4n) is 4.13. The predicted octanol–water partition coefficient (Wildman–Crippen LogP) is 3.82. The summed E-state index contributed by atoms with van der Waals surface area (Å²) in [6, 6.07) is 3.08. The number of hydrogen-bond acceptors (Lipinski definition) is 5. The largest absolute Gasteiger partial charge is 0.489 e. The number of carbonyl (C=O) groups is 1. The van der Waals surface area contributed by atoms with Crippen LogP contribution >= 0.6 is 0 Å². The number of ether oxygens (including phenoxy) is 1. The maximum absolute atomic E-state index is 15.2. The van der Waals surface area contributed by atoms with Crippen molar-refractivity contribution in [2.75, 3.05) is 19.7 Å². The second kappa shape index (κ2) is 9.48. The molecule has 2 aromatic rings. The Hall–Kier alpha value is -2.92. The van der Waals surface area contributed by atoms with E-state index >= 15 is 4.39 Å². The summed E-state index contributed by atoms with van der Waals surface area (Å²) in [5.41, 5.74) is -0.179. The van der Waals surface area contributed by atoms with Crippen LogP contribution in [0, 0.1) is 23.1 Å². The first-order valence-electron chi connectivity index (χ1n) is 10.6. The van der Waals surface area contributed by atoms with Crippen LogP contribution in [-0.4, -0.2) is 35.3 Å². The van der Waals surface area contributed by atoms with Gasteiger partial charge in [0, 0.05) is 24.7 Å². The molecule has 2 heterocycles. The molecule has 3 rings (SSSR count). The Morgan fingerprint density at radius 3 is 2.87 bits per heavy atom. The van der Waals surface area contributed by atoms with Gasteiger partial charge in [-0.15, -0.1) is 0 Å². The average molecular weight is 429 g/mol. The van der Waals surface area contributed by atoms with E-state index in [1.165, 1.54) is 6.20 Å². The number of benzene rings is 1. The summed E-state index contributed by atoms with van der Waals surface area (Å²) in [5.74, 6) is -1.31. The number of nitrogens with one attached hydrogen (secondary N) is 1. The van der Waals surface area contributed by atoms with Gasteiger partial charge in [-0.3, -0.25) is 4.79 Å². The SMILES string of the molecule is CC(CCC(C)c1c(F)cc2c(=O)c(C(=O)O)cn3c2c1OCC3C)CNCCC#N. The lowest BCUT2D eigenvalue weighted by atomic mass is 9.89. The maximum atomic E-state index is 15.2. The van der Waals surface area contributed by atoms with Crippen LogP contribution < -0.4 is 15.5 Å². The Morgan fingerprint density at radius 2 is 2.19 bits per heavy atom. The van der Waals surface area contributed by atoms with Crippen molar-refractivity contribution in [2.45, 2.75) is 52.0 Å². The predicted molar refractivity (Wildman–Crippen MR) is 115 cm³/mol. The number of pyridine rings is 1. The van der Waals surface area contributed by atoms with E-state index < -0.39 is 17.2 Å². The summed E-state index contributed by atoms with van der Waals surface area (Å²) in [5, 5.41) is 21.3. The van der Waals surface area contributed by atoms with Crippen LogP contribution in [0.5, 0.6) is 5.75 Å². The van der Waals surface area contributed by atoms with Crippen molar-refractivity contribution in [3.63, 3.8) is 0 Å². The smallest absolute Gasteiger partial charge is 0.341 e. The number of aromatic carboxylic acids is 1. The first kappa shape index (κ1) is 22.8. The Balaban J connectivity index is 1.93. The molecule has 3 atom stereocenters. The highest BCUT2D eigenvalue weighted by molar-refractivity contribution is 5.95. The molecule has 3 unspecified atom stereocenters. The molecule has 0 fully saturated rings. The molecule has 0 amide bonds. The molecule has 7 nitrogen and oxygen atoms in total. The lowest BCUT2D eigenvalue weighted by Crippen LogP contribution is -2.27. The Morgan fingerprint density at radius 1 is 1.45 bits per heavy atom. The molecule has 2 N–H and O–H groups in total. The molecule has 0 bridgehead atoms. The van der Waals surface area contributed by atoms with E-state index in [-0.39, 0.29) is 29.5 Å². The molecule has 1 aromatic carbocycles. The van der Waals surface area contributed by atoms with Gasteiger partial charge in [-0.2, -0.15) is 5.26 Å². The highest BCUT2D eigenvalue weighted by Gasteiger charge is 2.29.